The van der Waals surface area contributed by atoms with E-state index in [1.54, 1.807) is 0 Å². The van der Waals surface area contributed by atoms with Crippen LogP contribution in [0.2, 0.25) is 6.04 Å². The average molecular weight is 738 g/mol. The fourth-order valence-electron chi connectivity index (χ4n) is 4.19. The van der Waals surface area contributed by atoms with Crippen molar-refractivity contribution < 1.29 is 28.8 Å². The highest BCUT2D eigenvalue weighted by Crippen LogP contribution is 2.78. The van der Waals surface area contributed by atoms with Gasteiger partial charge in [0.2, 0.25) is 0 Å². The van der Waals surface area contributed by atoms with Gasteiger partial charge in [-0.05, 0) is 6.04 Å². The van der Waals surface area contributed by atoms with Crippen molar-refractivity contribution in [2.45, 2.75) is 38.8 Å². The maximum absolute atomic E-state index is 6.57. The van der Waals surface area contributed by atoms with Crippen LogP contribution in [0.5, 0.6) is 0 Å². The number of alkyl halides is 5. The lowest BCUT2D eigenvalue weighted by Gasteiger charge is -2.34. The van der Waals surface area contributed by atoms with Gasteiger partial charge in [-0.2, -0.15) is 0 Å². The van der Waals surface area contributed by atoms with Crippen molar-refractivity contribution in [3.8, 4) is 0 Å². The first-order valence-corrected chi connectivity index (χ1v) is 21.8. The summed E-state index contributed by atoms with van der Waals surface area (Å²) in [7, 11) is -6.77. The SMILES string of the molecule is CCC[SiH]1O[SiH2]O[SiH2]O[SiH2]O[SiH2]O[SiH2]O[SiH2]O1.ClC1=C(Cl)C2(Cl)C3C(Cl)C=CC3C1(Cl)C2(Cl)Cl. The van der Waals surface area contributed by atoms with Gasteiger partial charge in [0.15, 0.2) is 4.33 Å². The Morgan fingerprint density at radius 2 is 1.26 bits per heavy atom. The van der Waals surface area contributed by atoms with E-state index in [2.05, 4.69) is 6.92 Å². The van der Waals surface area contributed by atoms with Crippen LogP contribution in [0.3, 0.4) is 0 Å². The number of allylic oxidation sites excluding steroid dienone is 4. The lowest BCUT2D eigenvalue weighted by Crippen LogP contribution is -2.45. The van der Waals surface area contributed by atoms with E-state index >= 15 is 0 Å². The molecule has 0 aromatic rings. The van der Waals surface area contributed by atoms with Gasteiger partial charge in [0, 0.05) is 11.8 Å². The van der Waals surface area contributed by atoms with Crippen LogP contribution in [0.15, 0.2) is 22.2 Å². The number of hydrogen-bond acceptors (Lipinski definition) is 7. The topological polar surface area (TPSA) is 64.6 Å². The molecule has 1 aliphatic heterocycles. The molecule has 7 nitrogen and oxygen atoms in total. The van der Waals surface area contributed by atoms with Crippen molar-refractivity contribution in [2.75, 3.05) is 0 Å². The van der Waals surface area contributed by atoms with Crippen LogP contribution < -0.4 is 0 Å². The largest absolute Gasteiger partial charge is 0.425 e. The molecule has 4 rings (SSSR count). The molecule has 21 heteroatoms. The van der Waals surface area contributed by atoms with Gasteiger partial charge in [0.1, 0.15) is 9.75 Å². The monoisotopic (exact) mass is 734 g/mol. The Hall–Kier alpha value is 2.75. The minimum Gasteiger partial charge on any atom is -0.425 e. The van der Waals surface area contributed by atoms with Crippen LogP contribution in [0.1, 0.15) is 13.3 Å². The van der Waals surface area contributed by atoms with Crippen molar-refractivity contribution in [1.29, 1.82) is 0 Å². The molecule has 4 aliphatic rings. The third kappa shape index (κ3) is 6.07. The van der Waals surface area contributed by atoms with E-state index in [1.807, 2.05) is 12.2 Å². The van der Waals surface area contributed by atoms with Gasteiger partial charge in [-0.15, -0.1) is 34.8 Å². The third-order valence-corrected chi connectivity index (χ3v) is 22.2. The Labute approximate surface area is 250 Å². The second kappa shape index (κ2) is 13.9. The normalized spacial score (nSPS) is 44.7. The molecule has 1 heterocycles. The van der Waals surface area contributed by atoms with E-state index in [1.165, 1.54) is 0 Å². The van der Waals surface area contributed by atoms with Crippen LogP contribution in [0, 0.1) is 11.8 Å². The summed E-state index contributed by atoms with van der Waals surface area (Å²) in [5.74, 6) is -0.470. The fraction of sp³-hybridized carbons (Fsp3) is 0.692. The Bertz CT molecular complexity index is 759. The van der Waals surface area contributed by atoms with Gasteiger partial charge < -0.3 is 28.8 Å². The summed E-state index contributed by atoms with van der Waals surface area (Å²) in [6.45, 7) is 2.14. The first kappa shape index (κ1) is 31.3. The molecule has 0 aromatic heterocycles. The molecule has 5 atom stereocenters. The maximum Gasteiger partial charge on any atom is 0.303 e. The summed E-state index contributed by atoms with van der Waals surface area (Å²) in [4.78, 5) is -2.45. The van der Waals surface area contributed by atoms with Gasteiger partial charge in [-0.1, -0.05) is 71.9 Å². The van der Waals surface area contributed by atoms with Gasteiger partial charge in [0.05, 0.1) is 15.4 Å². The smallest absolute Gasteiger partial charge is 0.303 e. The average Bonchev–Trinajstić information content (AvgIpc) is 3.29. The predicted molar refractivity (Wildman–Crippen MR) is 157 cm³/mol. The molecule has 5 unspecified atom stereocenters. The molecule has 196 valence electrons. The number of halogens is 7. The molecule has 0 spiro atoms. The second-order valence-corrected chi connectivity index (χ2v) is 25.2. The van der Waals surface area contributed by atoms with E-state index in [-0.39, 0.29) is 27.3 Å². The first-order chi connectivity index (χ1) is 16.1. The molecule has 2 fully saturated rings. The van der Waals surface area contributed by atoms with Crippen LogP contribution >= 0.6 is 81.2 Å². The van der Waals surface area contributed by atoms with Crippen molar-refractivity contribution in [1.82, 2.24) is 0 Å². The summed E-state index contributed by atoms with van der Waals surface area (Å²) in [5.41, 5.74) is 0. The van der Waals surface area contributed by atoms with E-state index < -0.39 is 83.4 Å². The second-order valence-electron chi connectivity index (χ2n) is 7.79. The molecule has 0 aromatic carbocycles. The van der Waals surface area contributed by atoms with Crippen molar-refractivity contribution >= 4 is 151 Å². The van der Waals surface area contributed by atoms with Gasteiger partial charge in [-0.25, -0.2) is 0 Å². The molecule has 3 aliphatic carbocycles. The van der Waals surface area contributed by atoms with Gasteiger partial charge in [-0.3, -0.25) is 0 Å². The zero-order valence-corrected chi connectivity index (χ0v) is 33.1. The summed E-state index contributed by atoms with van der Waals surface area (Å²) in [6, 6.07) is 1.03. The highest BCUT2D eigenvalue weighted by molar-refractivity contribution is 6.66. The Balaban J connectivity index is 0.000000191. The minimum absolute atomic E-state index is 0.205. The van der Waals surface area contributed by atoms with E-state index in [4.69, 9.17) is 110 Å². The highest BCUT2D eigenvalue weighted by atomic mass is 35.5. The summed E-state index contributed by atoms with van der Waals surface area (Å²) in [6.07, 6.45) is 4.79. The van der Waals surface area contributed by atoms with E-state index in [0.29, 0.717) is 0 Å². The van der Waals surface area contributed by atoms with Gasteiger partial charge in [0.25, 0.3) is 60.0 Å². The Morgan fingerprint density at radius 3 is 1.76 bits per heavy atom. The lowest BCUT2D eigenvalue weighted by molar-refractivity contribution is 0.336. The van der Waals surface area contributed by atoms with Crippen LogP contribution in [0.25, 0.3) is 0 Å². The number of hydrogen-bond donors (Lipinski definition) is 0. The molecule has 0 radical (unpaired) electrons. The lowest BCUT2D eigenvalue weighted by atomic mass is 9.84. The van der Waals surface area contributed by atoms with Crippen LogP contribution in [-0.4, -0.2) is 88.8 Å². The van der Waals surface area contributed by atoms with Crippen LogP contribution in [0.4, 0.5) is 0 Å². The zero-order valence-electron chi connectivity index (χ0n) is 18.1. The minimum atomic E-state index is -1.51. The zero-order chi connectivity index (χ0) is 25.0. The number of fused-ring (bicyclic) bond motifs is 5. The molecule has 0 amide bonds. The van der Waals surface area contributed by atoms with E-state index in [9.17, 15) is 0 Å². The van der Waals surface area contributed by atoms with E-state index in [0.717, 1.165) is 12.5 Å². The molecular weight excluding hydrogens is 713 g/mol. The van der Waals surface area contributed by atoms with Gasteiger partial charge >= 0.3 is 9.28 Å². The molecular formula is C13H25Cl7O7Si7. The molecule has 2 bridgehead atoms. The summed E-state index contributed by atoms with van der Waals surface area (Å²) >= 11 is 44.5. The van der Waals surface area contributed by atoms with Crippen LogP contribution in [-0.2, 0) is 28.8 Å². The third-order valence-electron chi connectivity index (χ3n) is 5.76. The van der Waals surface area contributed by atoms with Crippen molar-refractivity contribution in [2.24, 2.45) is 11.8 Å². The first-order valence-electron chi connectivity index (χ1n) is 10.4. The van der Waals surface area contributed by atoms with Crippen molar-refractivity contribution in [3.05, 3.63) is 22.2 Å². The molecule has 1 saturated carbocycles. The highest BCUT2D eigenvalue weighted by Gasteiger charge is 2.83. The fourth-order valence-corrected chi connectivity index (χ4v) is 22.0. The summed E-state index contributed by atoms with van der Waals surface area (Å²) in [5, 5.41) is 0.113. The Morgan fingerprint density at radius 1 is 0.794 bits per heavy atom. The summed E-state index contributed by atoms with van der Waals surface area (Å²) < 4.78 is 37.0. The molecule has 1 saturated heterocycles. The predicted octanol–water partition coefficient (Wildman–Crippen LogP) is -0.0190. The molecule has 34 heavy (non-hydrogen) atoms. The quantitative estimate of drug-likeness (QED) is 0.225. The molecule has 0 N–H and O–H groups in total. The standard InChI is InChI=1S/C10H5Cl7.C3H20O7Si7/c11-4-2-1-3-5(4)9(15)7(13)6(12)8(3,14)10(9,16)17;1-2-3-17-9-15-7-13-5-11-4-12-6-14-8-16-10-17/h1-5H;17H,2-3,11-16H2,1H3. The number of rotatable bonds is 2. The Kier molecular flexibility index (Phi) is 12.8. The van der Waals surface area contributed by atoms with Crippen molar-refractivity contribution in [3.63, 3.8) is 0 Å². The maximum atomic E-state index is 6.57.